The molecule has 0 radical (unpaired) electrons. The van der Waals surface area contributed by atoms with E-state index in [-0.39, 0.29) is 26.8 Å². The van der Waals surface area contributed by atoms with Gasteiger partial charge in [0.25, 0.3) is 0 Å². The molecule has 3 heterocycles. The first-order valence-electron chi connectivity index (χ1n) is 15.5. The van der Waals surface area contributed by atoms with Crippen molar-refractivity contribution in [3.8, 4) is 56.3 Å². The standard InChI is InChI=1S/C42H26N3O2.Pt/c46-38-26-40-34(33-16-7-8-20-39(33)47-40)25-35(38)42-44-41-32(17-11-19-37(41)45(42)31-14-5-2-6-15-31)29-22-28(27-12-3-1-4-13-27)23-30(24-29)36-18-9-10-21-43-36;/h1-23,25-26,46H;/q-1;. The number of benzene rings is 6. The van der Waals surface area contributed by atoms with Crippen LogP contribution in [0.15, 0.2) is 156 Å². The van der Waals surface area contributed by atoms with Crippen LogP contribution in [0, 0.1) is 6.07 Å². The first kappa shape index (κ1) is 29.6. The van der Waals surface area contributed by atoms with Gasteiger partial charge in [0.05, 0.1) is 16.6 Å². The van der Waals surface area contributed by atoms with Gasteiger partial charge in [0, 0.05) is 55.5 Å². The Kier molecular flexibility index (Phi) is 7.47. The number of imidazole rings is 1. The maximum absolute atomic E-state index is 11.5. The molecular weight excluding hydrogens is 774 g/mol. The number of pyridine rings is 1. The first-order chi connectivity index (χ1) is 23.2. The van der Waals surface area contributed by atoms with Crippen LogP contribution in [0.3, 0.4) is 0 Å². The SMILES string of the molecule is Oc1cc2oc3ccccc3c2cc1-c1nc2c(-c3[c-]c(-c4ccccn4)cc(-c4ccccc4)c3)cccc2n1-c1ccccc1.[Pt]. The number of para-hydroxylation sites is 3. The van der Waals surface area contributed by atoms with Crippen molar-refractivity contribution in [2.45, 2.75) is 0 Å². The van der Waals surface area contributed by atoms with Gasteiger partial charge in [-0.25, -0.2) is 4.98 Å². The van der Waals surface area contributed by atoms with E-state index in [4.69, 9.17) is 9.40 Å². The number of fused-ring (bicyclic) bond motifs is 4. The summed E-state index contributed by atoms with van der Waals surface area (Å²) in [7, 11) is 0. The van der Waals surface area contributed by atoms with Gasteiger partial charge in [-0.2, -0.15) is 0 Å². The second kappa shape index (κ2) is 12.1. The Morgan fingerprint density at radius 2 is 1.35 bits per heavy atom. The van der Waals surface area contributed by atoms with Crippen molar-refractivity contribution < 1.29 is 30.6 Å². The summed E-state index contributed by atoms with van der Waals surface area (Å²) in [5.41, 5.74) is 10.4. The summed E-state index contributed by atoms with van der Waals surface area (Å²) in [6.45, 7) is 0. The number of aromatic hydroxyl groups is 1. The number of phenols is 1. The molecule has 0 saturated heterocycles. The maximum atomic E-state index is 11.5. The molecule has 0 amide bonds. The predicted molar refractivity (Wildman–Crippen MR) is 188 cm³/mol. The zero-order chi connectivity index (χ0) is 31.3. The van der Waals surface area contributed by atoms with E-state index in [1.54, 1.807) is 12.3 Å². The summed E-state index contributed by atoms with van der Waals surface area (Å²) in [6, 6.07) is 52.2. The molecule has 0 aliphatic heterocycles. The number of rotatable bonds is 5. The van der Waals surface area contributed by atoms with Gasteiger partial charge in [0.1, 0.15) is 22.7 Å². The van der Waals surface area contributed by atoms with Gasteiger partial charge in [-0.15, -0.1) is 23.8 Å². The summed E-state index contributed by atoms with van der Waals surface area (Å²) in [5.74, 6) is 0.730. The van der Waals surface area contributed by atoms with Crippen molar-refractivity contribution in [1.29, 1.82) is 0 Å². The number of phenolic OH excluding ortho intramolecular Hbond substituents is 1. The van der Waals surface area contributed by atoms with Crippen molar-refractivity contribution in [3.63, 3.8) is 0 Å². The normalized spacial score (nSPS) is 11.2. The molecule has 1 N–H and O–H groups in total. The summed E-state index contributed by atoms with van der Waals surface area (Å²) < 4.78 is 8.19. The molecule has 5 nitrogen and oxygen atoms in total. The average Bonchev–Trinajstić information content (AvgIpc) is 3.70. The number of hydrogen-bond acceptors (Lipinski definition) is 4. The first-order valence-corrected chi connectivity index (χ1v) is 15.5. The summed E-state index contributed by atoms with van der Waals surface area (Å²) in [6.07, 6.45) is 1.80. The van der Waals surface area contributed by atoms with Gasteiger partial charge < -0.3 is 9.52 Å². The molecular formula is C42H26N3O2Pt-. The molecule has 0 fully saturated rings. The molecule has 6 heteroatoms. The van der Waals surface area contributed by atoms with E-state index in [0.29, 0.717) is 17.0 Å². The summed E-state index contributed by atoms with van der Waals surface area (Å²) in [4.78, 5) is 9.95. The quantitative estimate of drug-likeness (QED) is 0.176. The van der Waals surface area contributed by atoms with Crippen molar-refractivity contribution in [2.24, 2.45) is 0 Å². The number of aromatic nitrogens is 3. The molecule has 0 aliphatic rings. The Morgan fingerprint density at radius 1 is 0.604 bits per heavy atom. The van der Waals surface area contributed by atoms with Crippen molar-refractivity contribution in [2.75, 3.05) is 0 Å². The Labute approximate surface area is 291 Å². The molecule has 0 bridgehead atoms. The second-order valence-corrected chi connectivity index (χ2v) is 11.5. The third kappa shape index (κ3) is 5.00. The van der Waals surface area contributed by atoms with Gasteiger partial charge in [-0.1, -0.05) is 108 Å². The van der Waals surface area contributed by atoms with E-state index in [0.717, 1.165) is 66.6 Å². The van der Waals surface area contributed by atoms with Crippen molar-refractivity contribution in [1.82, 2.24) is 14.5 Å². The van der Waals surface area contributed by atoms with Gasteiger partial charge >= 0.3 is 0 Å². The van der Waals surface area contributed by atoms with Crippen LogP contribution in [-0.2, 0) is 21.1 Å². The monoisotopic (exact) mass is 799 g/mol. The molecule has 9 rings (SSSR count). The maximum Gasteiger partial charge on any atom is 0.148 e. The molecule has 6 aromatic carbocycles. The third-order valence-corrected chi connectivity index (χ3v) is 8.64. The topological polar surface area (TPSA) is 64.1 Å². The number of hydrogen-bond donors (Lipinski definition) is 1. The Morgan fingerprint density at radius 3 is 2.17 bits per heavy atom. The van der Waals surface area contributed by atoms with Crippen LogP contribution in [0.25, 0.3) is 83.6 Å². The Hall–Kier alpha value is -5.77. The molecule has 0 aliphatic carbocycles. The van der Waals surface area contributed by atoms with E-state index < -0.39 is 0 Å². The minimum atomic E-state index is 0. The van der Waals surface area contributed by atoms with E-state index in [1.165, 1.54) is 0 Å². The van der Waals surface area contributed by atoms with Crippen LogP contribution in [0.2, 0.25) is 0 Å². The van der Waals surface area contributed by atoms with Crippen molar-refractivity contribution in [3.05, 3.63) is 158 Å². The van der Waals surface area contributed by atoms with Gasteiger partial charge in [0.2, 0.25) is 0 Å². The number of furan rings is 1. The Balaban J connectivity index is 0.00000336. The molecule has 0 unspecified atom stereocenters. The largest absolute Gasteiger partial charge is 0.507 e. The fourth-order valence-corrected chi connectivity index (χ4v) is 6.45. The van der Waals surface area contributed by atoms with Crippen LogP contribution in [0.4, 0.5) is 0 Å². The van der Waals surface area contributed by atoms with Crippen LogP contribution < -0.4 is 0 Å². The zero-order valence-corrected chi connectivity index (χ0v) is 27.7. The molecule has 232 valence electrons. The number of nitrogens with zero attached hydrogens (tertiary/aromatic N) is 3. The predicted octanol–water partition coefficient (Wildman–Crippen LogP) is 10.5. The van der Waals surface area contributed by atoms with Gasteiger partial charge in [0.15, 0.2) is 0 Å². The van der Waals surface area contributed by atoms with Crippen LogP contribution >= 0.6 is 0 Å². The average molecular weight is 800 g/mol. The molecule has 0 saturated carbocycles. The molecule has 0 spiro atoms. The van der Waals surface area contributed by atoms with Crippen LogP contribution in [-0.4, -0.2) is 19.6 Å². The van der Waals surface area contributed by atoms with Crippen LogP contribution in [0.1, 0.15) is 0 Å². The Bertz CT molecular complexity index is 2520. The fourth-order valence-electron chi connectivity index (χ4n) is 6.45. The van der Waals surface area contributed by atoms with Gasteiger partial charge in [-0.3, -0.25) is 9.55 Å². The fraction of sp³-hybridized carbons (Fsp3) is 0. The van der Waals surface area contributed by atoms with E-state index in [2.05, 4.69) is 70.2 Å². The molecule has 9 aromatic rings. The smallest absolute Gasteiger partial charge is 0.148 e. The molecule has 0 atom stereocenters. The summed E-state index contributed by atoms with van der Waals surface area (Å²) >= 11 is 0. The van der Waals surface area contributed by atoms with Crippen LogP contribution in [0.5, 0.6) is 5.75 Å². The minimum Gasteiger partial charge on any atom is -0.507 e. The van der Waals surface area contributed by atoms with E-state index in [9.17, 15) is 5.11 Å². The summed E-state index contributed by atoms with van der Waals surface area (Å²) in [5, 5.41) is 13.4. The third-order valence-electron chi connectivity index (χ3n) is 8.64. The molecule has 3 aromatic heterocycles. The van der Waals surface area contributed by atoms with E-state index in [1.807, 2.05) is 84.9 Å². The minimum absolute atomic E-state index is 0. The second-order valence-electron chi connectivity index (χ2n) is 11.5. The molecule has 48 heavy (non-hydrogen) atoms. The van der Waals surface area contributed by atoms with Gasteiger partial charge in [-0.05, 0) is 42.0 Å². The zero-order valence-electron chi connectivity index (χ0n) is 25.4. The van der Waals surface area contributed by atoms with Crippen molar-refractivity contribution >= 4 is 33.0 Å². The van der Waals surface area contributed by atoms with E-state index >= 15 is 0 Å².